The number of hydrogen-bond acceptors (Lipinski definition) is 3. The highest BCUT2D eigenvalue weighted by atomic mass is 16.5. The quantitative estimate of drug-likeness (QED) is 0.702. The van der Waals surface area contributed by atoms with Crippen LogP contribution in [0.1, 0.15) is 12.0 Å². The van der Waals surface area contributed by atoms with Crippen molar-refractivity contribution in [1.82, 2.24) is 9.55 Å². The van der Waals surface area contributed by atoms with Crippen molar-refractivity contribution in [1.29, 1.82) is 0 Å². The lowest BCUT2D eigenvalue weighted by Gasteiger charge is -2.10. The van der Waals surface area contributed by atoms with Crippen molar-refractivity contribution in [2.45, 2.75) is 19.9 Å². The predicted octanol–water partition coefficient (Wildman–Crippen LogP) is 3.86. The van der Waals surface area contributed by atoms with E-state index < -0.39 is 0 Å². The minimum atomic E-state index is 0.693. The zero-order valence-electron chi connectivity index (χ0n) is 13.0. The van der Waals surface area contributed by atoms with Gasteiger partial charge in [-0.3, -0.25) is 0 Å². The van der Waals surface area contributed by atoms with Gasteiger partial charge >= 0.3 is 0 Å². The lowest BCUT2D eigenvalue weighted by atomic mass is 10.2. The molecule has 3 aromatic rings. The number of hydrogen-bond donors (Lipinski definition) is 1. The van der Waals surface area contributed by atoms with Gasteiger partial charge in [0.2, 0.25) is 5.95 Å². The standard InChI is InChI=1S/C18H21N3O/c1-14-8-10-15(11-9-14)22-13-5-12-21-17-7-4-3-6-16(17)20-18(21)19-2/h3-4,6-11H,5,12-13H2,1-2H3,(H,19,20). The van der Waals surface area contributed by atoms with Crippen molar-refractivity contribution in [2.75, 3.05) is 19.0 Å². The molecule has 1 N–H and O–H groups in total. The molecule has 1 heterocycles. The number of nitrogens with zero attached hydrogens (tertiary/aromatic N) is 2. The fraction of sp³-hybridized carbons (Fsp3) is 0.278. The third kappa shape index (κ3) is 3.06. The average molecular weight is 295 g/mol. The molecule has 0 aliphatic carbocycles. The maximum atomic E-state index is 5.79. The number of anilines is 1. The number of imidazole rings is 1. The van der Waals surface area contributed by atoms with Gasteiger partial charge in [-0.15, -0.1) is 0 Å². The van der Waals surface area contributed by atoms with E-state index in [-0.39, 0.29) is 0 Å². The molecule has 0 aliphatic heterocycles. The first-order valence-corrected chi connectivity index (χ1v) is 7.60. The monoisotopic (exact) mass is 295 g/mol. The van der Waals surface area contributed by atoms with Gasteiger partial charge in [-0.25, -0.2) is 4.98 Å². The summed E-state index contributed by atoms with van der Waals surface area (Å²) >= 11 is 0. The van der Waals surface area contributed by atoms with Crippen LogP contribution in [0, 0.1) is 6.92 Å². The highest BCUT2D eigenvalue weighted by Crippen LogP contribution is 2.19. The molecule has 0 atom stereocenters. The Bertz CT molecular complexity index is 747. The number of fused-ring (bicyclic) bond motifs is 1. The van der Waals surface area contributed by atoms with Crippen LogP contribution in [-0.4, -0.2) is 23.2 Å². The van der Waals surface area contributed by atoms with Crippen LogP contribution in [-0.2, 0) is 6.54 Å². The van der Waals surface area contributed by atoms with Crippen molar-refractivity contribution in [2.24, 2.45) is 0 Å². The zero-order chi connectivity index (χ0) is 15.4. The Labute approximate surface area is 130 Å². The predicted molar refractivity (Wildman–Crippen MR) is 90.6 cm³/mol. The maximum absolute atomic E-state index is 5.79. The van der Waals surface area contributed by atoms with Crippen LogP contribution in [0.5, 0.6) is 5.75 Å². The number of benzene rings is 2. The molecule has 4 nitrogen and oxygen atoms in total. The smallest absolute Gasteiger partial charge is 0.203 e. The van der Waals surface area contributed by atoms with Crippen molar-refractivity contribution < 1.29 is 4.74 Å². The maximum Gasteiger partial charge on any atom is 0.203 e. The van der Waals surface area contributed by atoms with Gasteiger partial charge in [0, 0.05) is 13.6 Å². The molecular formula is C18H21N3O. The Morgan fingerprint density at radius 1 is 1.09 bits per heavy atom. The summed E-state index contributed by atoms with van der Waals surface area (Å²) in [6, 6.07) is 16.4. The van der Waals surface area contributed by atoms with Gasteiger partial charge < -0.3 is 14.6 Å². The van der Waals surface area contributed by atoms with Crippen molar-refractivity contribution in [3.8, 4) is 5.75 Å². The lowest BCUT2D eigenvalue weighted by molar-refractivity contribution is 0.303. The van der Waals surface area contributed by atoms with Crippen LogP contribution in [0.3, 0.4) is 0 Å². The topological polar surface area (TPSA) is 39.1 Å². The van der Waals surface area contributed by atoms with Gasteiger partial charge in [-0.1, -0.05) is 29.8 Å². The molecule has 22 heavy (non-hydrogen) atoms. The van der Waals surface area contributed by atoms with E-state index in [1.54, 1.807) is 0 Å². The fourth-order valence-corrected chi connectivity index (χ4v) is 2.54. The molecule has 0 bridgehead atoms. The van der Waals surface area contributed by atoms with E-state index in [1.807, 2.05) is 37.4 Å². The highest BCUT2D eigenvalue weighted by Gasteiger charge is 2.08. The summed E-state index contributed by atoms with van der Waals surface area (Å²) in [4.78, 5) is 4.59. The first kappa shape index (κ1) is 14.4. The first-order valence-electron chi connectivity index (χ1n) is 7.60. The molecule has 0 amide bonds. The van der Waals surface area contributed by atoms with Crippen LogP contribution < -0.4 is 10.1 Å². The minimum absolute atomic E-state index is 0.693. The molecule has 4 heteroatoms. The van der Waals surface area contributed by atoms with Crippen molar-refractivity contribution in [3.05, 3.63) is 54.1 Å². The zero-order valence-corrected chi connectivity index (χ0v) is 13.0. The normalized spacial score (nSPS) is 10.8. The van der Waals surface area contributed by atoms with E-state index in [0.29, 0.717) is 6.61 Å². The summed E-state index contributed by atoms with van der Waals surface area (Å²) in [7, 11) is 1.90. The van der Waals surface area contributed by atoms with Crippen molar-refractivity contribution in [3.63, 3.8) is 0 Å². The Kier molecular flexibility index (Phi) is 4.28. The second-order valence-electron chi connectivity index (χ2n) is 5.34. The Morgan fingerprint density at radius 3 is 2.64 bits per heavy atom. The largest absolute Gasteiger partial charge is 0.494 e. The Morgan fingerprint density at radius 2 is 1.86 bits per heavy atom. The molecule has 0 unspecified atom stereocenters. The third-order valence-electron chi connectivity index (χ3n) is 3.69. The lowest BCUT2D eigenvalue weighted by Crippen LogP contribution is -2.07. The third-order valence-corrected chi connectivity index (χ3v) is 3.69. The molecule has 114 valence electrons. The number of nitrogens with one attached hydrogen (secondary N) is 1. The SMILES string of the molecule is CNc1nc2ccccc2n1CCCOc1ccc(C)cc1. The summed E-state index contributed by atoms with van der Waals surface area (Å²) in [6.07, 6.45) is 0.933. The molecule has 2 aromatic carbocycles. The molecule has 0 saturated heterocycles. The number of ether oxygens (including phenoxy) is 1. The van der Waals surface area contributed by atoms with Gasteiger partial charge in [0.1, 0.15) is 5.75 Å². The molecular weight excluding hydrogens is 274 g/mol. The molecule has 0 radical (unpaired) electrons. The molecule has 3 rings (SSSR count). The summed E-state index contributed by atoms with van der Waals surface area (Å²) < 4.78 is 7.99. The van der Waals surface area contributed by atoms with Crippen LogP contribution in [0.15, 0.2) is 48.5 Å². The van der Waals surface area contributed by atoms with E-state index in [1.165, 1.54) is 5.56 Å². The minimum Gasteiger partial charge on any atom is -0.494 e. The van der Waals surface area contributed by atoms with E-state index >= 15 is 0 Å². The van der Waals surface area contributed by atoms with Gasteiger partial charge in [-0.2, -0.15) is 0 Å². The van der Waals surface area contributed by atoms with Gasteiger partial charge in [-0.05, 0) is 37.6 Å². The molecule has 1 aromatic heterocycles. The van der Waals surface area contributed by atoms with Gasteiger partial charge in [0.05, 0.1) is 17.6 Å². The highest BCUT2D eigenvalue weighted by molar-refractivity contribution is 5.78. The summed E-state index contributed by atoms with van der Waals surface area (Å²) in [6.45, 7) is 3.65. The fourth-order valence-electron chi connectivity index (χ4n) is 2.54. The van der Waals surface area contributed by atoms with Crippen LogP contribution in [0.4, 0.5) is 5.95 Å². The number of aryl methyl sites for hydroxylation is 2. The molecule has 0 spiro atoms. The molecule has 0 saturated carbocycles. The van der Waals surface area contributed by atoms with E-state index in [4.69, 9.17) is 4.74 Å². The van der Waals surface area contributed by atoms with E-state index in [2.05, 4.69) is 40.0 Å². The van der Waals surface area contributed by atoms with E-state index in [9.17, 15) is 0 Å². The summed E-state index contributed by atoms with van der Waals surface area (Å²) in [5, 5.41) is 3.16. The van der Waals surface area contributed by atoms with E-state index in [0.717, 1.165) is 35.7 Å². The van der Waals surface area contributed by atoms with Crippen LogP contribution in [0.25, 0.3) is 11.0 Å². The second-order valence-corrected chi connectivity index (χ2v) is 5.34. The number of rotatable bonds is 6. The molecule has 0 fully saturated rings. The van der Waals surface area contributed by atoms with Gasteiger partial charge in [0.15, 0.2) is 0 Å². The second kappa shape index (κ2) is 6.52. The van der Waals surface area contributed by atoms with Gasteiger partial charge in [0.25, 0.3) is 0 Å². The summed E-state index contributed by atoms with van der Waals surface area (Å²) in [5.41, 5.74) is 3.42. The number of aromatic nitrogens is 2. The first-order chi connectivity index (χ1) is 10.8. The summed E-state index contributed by atoms with van der Waals surface area (Å²) in [5.74, 6) is 1.83. The van der Waals surface area contributed by atoms with Crippen molar-refractivity contribution >= 4 is 17.0 Å². The van der Waals surface area contributed by atoms with Crippen LogP contribution in [0.2, 0.25) is 0 Å². The number of para-hydroxylation sites is 2. The Hall–Kier alpha value is -2.49. The average Bonchev–Trinajstić information content (AvgIpc) is 2.91. The molecule has 0 aliphatic rings. The Balaban J connectivity index is 1.63. The van der Waals surface area contributed by atoms with Crippen LogP contribution >= 0.6 is 0 Å².